The van der Waals surface area contributed by atoms with Gasteiger partial charge in [0.15, 0.2) is 13.2 Å². The van der Waals surface area contributed by atoms with Gasteiger partial charge in [0.1, 0.15) is 17.2 Å². The molecule has 2 atom stereocenters. The first kappa shape index (κ1) is 16.2. The van der Waals surface area contributed by atoms with Gasteiger partial charge >= 0.3 is 0 Å². The van der Waals surface area contributed by atoms with Crippen LogP contribution in [0.25, 0.3) is 0 Å². The van der Waals surface area contributed by atoms with Crippen molar-refractivity contribution in [2.45, 2.75) is 44.6 Å². The quantitative estimate of drug-likeness (QED) is 0.915. The maximum absolute atomic E-state index is 12.7. The van der Waals surface area contributed by atoms with Crippen LogP contribution in [0.1, 0.15) is 38.5 Å². The molecular formula is C19H24N2O4. The number of nitrogens with zero attached hydrogens (tertiary/aromatic N) is 1. The third-order valence-electron chi connectivity index (χ3n) is 5.53. The van der Waals surface area contributed by atoms with Crippen LogP contribution in [-0.2, 0) is 9.59 Å². The van der Waals surface area contributed by atoms with E-state index < -0.39 is 0 Å². The molecule has 25 heavy (non-hydrogen) atoms. The molecule has 1 aliphatic carbocycles. The van der Waals surface area contributed by atoms with Crippen molar-refractivity contribution in [3.63, 3.8) is 0 Å². The first-order valence-electron chi connectivity index (χ1n) is 9.20. The number of ether oxygens (including phenoxy) is 2. The molecule has 0 unspecified atom stereocenters. The summed E-state index contributed by atoms with van der Waals surface area (Å²) in [5.41, 5.74) is 0.515. The summed E-state index contributed by atoms with van der Waals surface area (Å²) < 4.78 is 11.1. The van der Waals surface area contributed by atoms with Crippen molar-refractivity contribution in [2.24, 2.45) is 5.92 Å². The molecule has 3 aliphatic rings. The van der Waals surface area contributed by atoms with Gasteiger partial charge in [-0.05, 0) is 43.7 Å². The van der Waals surface area contributed by atoms with E-state index in [1.54, 1.807) is 18.2 Å². The number of para-hydroxylation sites is 1. The van der Waals surface area contributed by atoms with Gasteiger partial charge in [0, 0.05) is 12.6 Å². The molecule has 2 aliphatic heterocycles. The summed E-state index contributed by atoms with van der Waals surface area (Å²) >= 11 is 0. The highest BCUT2D eigenvalue weighted by molar-refractivity contribution is 5.97. The second-order valence-electron chi connectivity index (χ2n) is 7.10. The Labute approximate surface area is 147 Å². The highest BCUT2D eigenvalue weighted by atomic mass is 16.5. The normalized spacial score (nSPS) is 25.3. The van der Waals surface area contributed by atoms with Gasteiger partial charge in [0.05, 0.1) is 0 Å². The number of piperidine rings is 1. The van der Waals surface area contributed by atoms with Crippen LogP contribution in [0.4, 0.5) is 5.69 Å². The van der Waals surface area contributed by atoms with E-state index in [-0.39, 0.29) is 25.0 Å². The van der Waals surface area contributed by atoms with Crippen molar-refractivity contribution < 1.29 is 19.1 Å². The van der Waals surface area contributed by atoms with E-state index in [0.717, 1.165) is 19.4 Å². The van der Waals surface area contributed by atoms with Crippen LogP contribution in [0, 0.1) is 5.92 Å². The molecular weight excluding hydrogens is 320 g/mol. The second kappa shape index (κ2) is 6.94. The number of benzene rings is 1. The van der Waals surface area contributed by atoms with Crippen LogP contribution >= 0.6 is 0 Å². The van der Waals surface area contributed by atoms with E-state index in [1.165, 1.54) is 25.7 Å². The van der Waals surface area contributed by atoms with E-state index >= 15 is 0 Å². The Morgan fingerprint density at radius 2 is 2.08 bits per heavy atom. The first-order chi connectivity index (χ1) is 12.2. The standard InChI is InChI=1S/C19H24N2O4/c22-17-11-24-15-8-3-9-16(19(15)20-17)25-12-18(23)21-10-4-6-13-5-1-2-7-14(13)21/h3,8-9,13-14H,1-2,4-7,10-12H2,(H,20,22)/t13-,14-/m1/s1. The Hall–Kier alpha value is -2.24. The highest BCUT2D eigenvalue weighted by Gasteiger charge is 2.35. The summed E-state index contributed by atoms with van der Waals surface area (Å²) in [6, 6.07) is 5.71. The van der Waals surface area contributed by atoms with Crippen LogP contribution in [0.3, 0.4) is 0 Å². The maximum atomic E-state index is 12.7. The fourth-order valence-corrected chi connectivity index (χ4v) is 4.35. The molecule has 1 saturated heterocycles. The van der Waals surface area contributed by atoms with Gasteiger partial charge in [-0.15, -0.1) is 0 Å². The molecule has 1 saturated carbocycles. The molecule has 2 amide bonds. The third-order valence-corrected chi connectivity index (χ3v) is 5.53. The van der Waals surface area contributed by atoms with Gasteiger partial charge in [-0.3, -0.25) is 9.59 Å². The monoisotopic (exact) mass is 344 g/mol. The fraction of sp³-hybridized carbons (Fsp3) is 0.579. The van der Waals surface area contributed by atoms with E-state index in [2.05, 4.69) is 5.32 Å². The molecule has 0 spiro atoms. The Bertz CT molecular complexity index is 673. The summed E-state index contributed by atoms with van der Waals surface area (Å²) in [5.74, 6) is 1.54. The van der Waals surface area contributed by atoms with Gasteiger partial charge in [-0.1, -0.05) is 18.9 Å². The number of fused-ring (bicyclic) bond motifs is 2. The van der Waals surface area contributed by atoms with E-state index in [9.17, 15) is 9.59 Å². The Kier molecular flexibility index (Phi) is 4.51. The summed E-state index contributed by atoms with van der Waals surface area (Å²) in [5, 5.41) is 2.76. The van der Waals surface area contributed by atoms with Crippen molar-refractivity contribution in [2.75, 3.05) is 25.1 Å². The third kappa shape index (κ3) is 3.30. The zero-order valence-corrected chi connectivity index (χ0v) is 14.3. The minimum atomic E-state index is -0.212. The molecule has 6 heteroatoms. The van der Waals surface area contributed by atoms with Crippen LogP contribution in [0.15, 0.2) is 18.2 Å². The van der Waals surface area contributed by atoms with Gasteiger partial charge in [-0.2, -0.15) is 0 Å². The number of likely N-dealkylation sites (tertiary alicyclic amines) is 1. The number of amides is 2. The Morgan fingerprint density at radius 1 is 1.24 bits per heavy atom. The number of carbonyl (C=O) groups excluding carboxylic acids is 2. The Balaban J connectivity index is 1.43. The zero-order chi connectivity index (χ0) is 17.2. The number of hydrogen-bond donors (Lipinski definition) is 1. The van der Waals surface area contributed by atoms with Crippen molar-refractivity contribution in [1.29, 1.82) is 0 Å². The molecule has 0 aromatic heterocycles. The largest absolute Gasteiger partial charge is 0.481 e. The minimum Gasteiger partial charge on any atom is -0.481 e. The lowest BCUT2D eigenvalue weighted by atomic mass is 9.78. The molecule has 2 fully saturated rings. The van der Waals surface area contributed by atoms with Crippen LogP contribution in [0.2, 0.25) is 0 Å². The molecule has 0 radical (unpaired) electrons. The van der Waals surface area contributed by atoms with Crippen molar-refractivity contribution in [1.82, 2.24) is 4.90 Å². The highest BCUT2D eigenvalue weighted by Crippen LogP contribution is 2.37. The lowest BCUT2D eigenvalue weighted by Crippen LogP contribution is -2.51. The summed E-state index contributed by atoms with van der Waals surface area (Å²) in [4.78, 5) is 26.3. The van der Waals surface area contributed by atoms with Crippen molar-refractivity contribution >= 4 is 17.5 Å². The van der Waals surface area contributed by atoms with Gasteiger partial charge in [0.2, 0.25) is 0 Å². The van der Waals surface area contributed by atoms with Gasteiger partial charge in [-0.25, -0.2) is 0 Å². The fourth-order valence-electron chi connectivity index (χ4n) is 4.35. The average Bonchev–Trinajstić information content (AvgIpc) is 2.65. The van der Waals surface area contributed by atoms with Crippen molar-refractivity contribution in [3.8, 4) is 11.5 Å². The first-order valence-corrected chi connectivity index (χ1v) is 9.20. The number of carbonyl (C=O) groups is 2. The van der Waals surface area contributed by atoms with Gasteiger partial charge < -0.3 is 19.7 Å². The van der Waals surface area contributed by atoms with Crippen LogP contribution in [0.5, 0.6) is 11.5 Å². The second-order valence-corrected chi connectivity index (χ2v) is 7.10. The molecule has 0 bridgehead atoms. The van der Waals surface area contributed by atoms with E-state index in [0.29, 0.717) is 29.1 Å². The Morgan fingerprint density at radius 3 is 3.00 bits per heavy atom. The van der Waals surface area contributed by atoms with Crippen LogP contribution < -0.4 is 14.8 Å². The molecule has 134 valence electrons. The van der Waals surface area contributed by atoms with Crippen LogP contribution in [-0.4, -0.2) is 42.5 Å². The smallest absolute Gasteiger partial charge is 0.262 e. The lowest BCUT2D eigenvalue weighted by molar-refractivity contribution is -0.139. The average molecular weight is 344 g/mol. The molecule has 1 N–H and O–H groups in total. The summed E-state index contributed by atoms with van der Waals surface area (Å²) in [6.07, 6.45) is 7.17. The number of rotatable bonds is 3. The molecule has 1 aromatic carbocycles. The number of hydrogen-bond acceptors (Lipinski definition) is 4. The van der Waals surface area contributed by atoms with E-state index in [4.69, 9.17) is 9.47 Å². The summed E-state index contributed by atoms with van der Waals surface area (Å²) in [7, 11) is 0. The zero-order valence-electron chi connectivity index (χ0n) is 14.3. The molecule has 2 heterocycles. The molecule has 1 aromatic rings. The van der Waals surface area contributed by atoms with E-state index in [1.807, 2.05) is 4.90 Å². The maximum Gasteiger partial charge on any atom is 0.262 e. The predicted octanol–water partition coefficient (Wildman–Crippen LogP) is 2.58. The minimum absolute atomic E-state index is 0.00442. The lowest BCUT2D eigenvalue weighted by Gasteiger charge is -2.44. The topological polar surface area (TPSA) is 67.9 Å². The number of anilines is 1. The summed E-state index contributed by atoms with van der Waals surface area (Å²) in [6.45, 7) is 0.831. The molecule has 6 nitrogen and oxygen atoms in total. The number of nitrogens with one attached hydrogen (secondary N) is 1. The van der Waals surface area contributed by atoms with Crippen molar-refractivity contribution in [3.05, 3.63) is 18.2 Å². The predicted molar refractivity (Wildman–Crippen MR) is 92.8 cm³/mol. The van der Waals surface area contributed by atoms with Gasteiger partial charge in [0.25, 0.3) is 11.8 Å². The molecule has 4 rings (SSSR count). The SMILES string of the molecule is O=C1COc2cccc(OCC(=O)N3CCC[C@H]4CCCC[C@H]43)c2N1.